The molecule has 3 nitrogen and oxygen atoms in total. The first-order chi connectivity index (χ1) is 7.27. The molecule has 0 radical (unpaired) electrons. The van der Waals surface area contributed by atoms with Gasteiger partial charge >= 0.3 is 0 Å². The van der Waals surface area contributed by atoms with Crippen LogP contribution in [0.3, 0.4) is 0 Å². The van der Waals surface area contributed by atoms with Crippen LogP contribution in [0, 0.1) is 0 Å². The molecule has 0 saturated heterocycles. The fraction of sp³-hybridized carbons (Fsp3) is 0.500. The summed E-state index contributed by atoms with van der Waals surface area (Å²) in [6.07, 6.45) is 1.05. The molecule has 0 spiro atoms. The van der Waals surface area contributed by atoms with E-state index in [0.717, 1.165) is 25.3 Å². The number of benzene rings is 1. The lowest BCUT2D eigenvalue weighted by Crippen LogP contribution is -2.17. The Morgan fingerprint density at radius 2 is 2.33 bits per heavy atom. The van der Waals surface area contributed by atoms with E-state index < -0.39 is 0 Å². The van der Waals surface area contributed by atoms with Gasteiger partial charge in [-0.2, -0.15) is 0 Å². The Bertz CT molecular complexity index is 351. The van der Waals surface area contributed by atoms with E-state index >= 15 is 0 Å². The minimum absolute atomic E-state index is 0.560. The lowest BCUT2D eigenvalue weighted by molar-refractivity contribution is 0.415. The molecule has 0 aliphatic carbocycles. The molecular weight excluding hydrogens is 188 g/mol. The number of ether oxygens (including phenoxy) is 1. The molecule has 1 aliphatic rings. The Hall–Kier alpha value is -1.22. The largest absolute Gasteiger partial charge is 0.495 e. The molecule has 2 N–H and O–H groups in total. The molecule has 1 aliphatic heterocycles. The van der Waals surface area contributed by atoms with Crippen LogP contribution >= 0.6 is 0 Å². The summed E-state index contributed by atoms with van der Waals surface area (Å²) in [6, 6.07) is 6.25. The quantitative estimate of drug-likeness (QED) is 0.816. The van der Waals surface area contributed by atoms with Crippen LogP contribution in [0.25, 0.3) is 0 Å². The van der Waals surface area contributed by atoms with E-state index in [1.54, 1.807) is 7.11 Å². The lowest BCUT2D eigenvalue weighted by Gasteiger charge is -2.15. The average molecular weight is 206 g/mol. The topological polar surface area (TPSA) is 38.5 Å². The maximum atomic E-state index is 5.63. The van der Waals surface area contributed by atoms with E-state index in [0.29, 0.717) is 5.92 Å². The van der Waals surface area contributed by atoms with Crippen molar-refractivity contribution in [1.29, 1.82) is 0 Å². The summed E-state index contributed by atoms with van der Waals surface area (Å²) >= 11 is 0. The third-order valence-electron chi connectivity index (χ3n) is 3.08. The van der Waals surface area contributed by atoms with E-state index in [4.69, 9.17) is 10.5 Å². The second-order valence-electron chi connectivity index (χ2n) is 4.05. The van der Waals surface area contributed by atoms with E-state index in [9.17, 15) is 0 Å². The summed E-state index contributed by atoms with van der Waals surface area (Å²) in [5.41, 5.74) is 8.24. The second-order valence-corrected chi connectivity index (χ2v) is 4.05. The van der Waals surface area contributed by atoms with E-state index in [2.05, 4.69) is 24.1 Å². The zero-order chi connectivity index (χ0) is 10.8. The molecule has 1 atom stereocenters. The normalized spacial score (nSPS) is 19.1. The van der Waals surface area contributed by atoms with Gasteiger partial charge in [0.15, 0.2) is 0 Å². The Labute approximate surface area is 90.8 Å². The molecule has 1 aromatic carbocycles. The van der Waals surface area contributed by atoms with Crippen LogP contribution in [0.15, 0.2) is 18.2 Å². The summed E-state index contributed by atoms with van der Waals surface area (Å²) in [5.74, 6) is 1.53. The van der Waals surface area contributed by atoms with Crippen LogP contribution < -0.4 is 15.4 Å². The Morgan fingerprint density at radius 3 is 3.00 bits per heavy atom. The van der Waals surface area contributed by atoms with Crippen molar-refractivity contribution >= 4 is 5.69 Å². The van der Waals surface area contributed by atoms with Crippen molar-refractivity contribution in [3.8, 4) is 5.75 Å². The molecule has 0 aromatic heterocycles. The van der Waals surface area contributed by atoms with Crippen LogP contribution in [0.5, 0.6) is 5.75 Å². The predicted molar refractivity (Wildman–Crippen MR) is 62.7 cm³/mol. The number of nitrogens with two attached hydrogens (primary N) is 1. The predicted octanol–water partition coefficient (Wildman–Crippen LogP) is 1.58. The molecule has 0 amide bonds. The van der Waals surface area contributed by atoms with Gasteiger partial charge in [0.2, 0.25) is 0 Å². The maximum Gasteiger partial charge on any atom is 0.142 e. The van der Waals surface area contributed by atoms with Crippen molar-refractivity contribution in [2.75, 3.05) is 32.1 Å². The Kier molecular flexibility index (Phi) is 2.82. The highest BCUT2D eigenvalue weighted by Gasteiger charge is 2.28. The maximum absolute atomic E-state index is 5.63. The number of hydrogen-bond acceptors (Lipinski definition) is 3. The number of anilines is 1. The minimum Gasteiger partial charge on any atom is -0.495 e. The number of fused-ring (bicyclic) bond motifs is 1. The van der Waals surface area contributed by atoms with Gasteiger partial charge in [0.1, 0.15) is 5.75 Å². The summed E-state index contributed by atoms with van der Waals surface area (Å²) in [6.45, 7) is 1.79. The number of likely N-dealkylation sites (N-methyl/N-ethyl adjacent to an activating group) is 1. The van der Waals surface area contributed by atoms with Crippen LogP contribution in [-0.2, 0) is 0 Å². The first-order valence-electron chi connectivity index (χ1n) is 5.36. The summed E-state index contributed by atoms with van der Waals surface area (Å²) in [7, 11) is 3.83. The van der Waals surface area contributed by atoms with E-state index in [1.165, 1.54) is 11.3 Å². The summed E-state index contributed by atoms with van der Waals surface area (Å²) < 4.78 is 5.38. The van der Waals surface area contributed by atoms with Crippen molar-refractivity contribution in [3.63, 3.8) is 0 Å². The SMILES string of the molecule is COc1cccc2c1N(C)CC2CCN. The third kappa shape index (κ3) is 1.67. The van der Waals surface area contributed by atoms with Crippen LogP contribution in [0.1, 0.15) is 17.9 Å². The third-order valence-corrected chi connectivity index (χ3v) is 3.08. The number of hydrogen-bond donors (Lipinski definition) is 1. The van der Waals surface area contributed by atoms with Crippen molar-refractivity contribution in [2.45, 2.75) is 12.3 Å². The zero-order valence-electron chi connectivity index (χ0n) is 9.36. The van der Waals surface area contributed by atoms with Gasteiger partial charge in [0.25, 0.3) is 0 Å². The van der Waals surface area contributed by atoms with Crippen LogP contribution in [-0.4, -0.2) is 27.2 Å². The van der Waals surface area contributed by atoms with Gasteiger partial charge < -0.3 is 15.4 Å². The number of methoxy groups -OCH3 is 1. The molecular formula is C12H18N2O. The molecule has 0 bridgehead atoms. The van der Waals surface area contributed by atoms with E-state index in [1.807, 2.05) is 6.07 Å². The van der Waals surface area contributed by atoms with Gasteiger partial charge in [0.05, 0.1) is 12.8 Å². The molecule has 15 heavy (non-hydrogen) atoms. The Balaban J connectivity index is 2.39. The highest BCUT2D eigenvalue weighted by Crippen LogP contribution is 2.42. The Morgan fingerprint density at radius 1 is 1.53 bits per heavy atom. The fourth-order valence-electron chi connectivity index (χ4n) is 2.41. The van der Waals surface area contributed by atoms with Crippen LogP contribution in [0.2, 0.25) is 0 Å². The smallest absolute Gasteiger partial charge is 0.142 e. The monoisotopic (exact) mass is 206 g/mol. The average Bonchev–Trinajstić information content (AvgIpc) is 2.57. The van der Waals surface area contributed by atoms with Gasteiger partial charge in [-0.3, -0.25) is 0 Å². The molecule has 2 rings (SSSR count). The van der Waals surface area contributed by atoms with Gasteiger partial charge in [0, 0.05) is 19.5 Å². The van der Waals surface area contributed by atoms with Crippen molar-refractivity contribution in [1.82, 2.24) is 0 Å². The van der Waals surface area contributed by atoms with Gasteiger partial charge in [-0.15, -0.1) is 0 Å². The van der Waals surface area contributed by atoms with Crippen molar-refractivity contribution in [2.24, 2.45) is 5.73 Å². The first kappa shape index (κ1) is 10.3. The van der Waals surface area contributed by atoms with E-state index in [-0.39, 0.29) is 0 Å². The standard InChI is InChI=1S/C12H18N2O/c1-14-8-9(6-7-13)10-4-3-5-11(15-2)12(10)14/h3-5,9H,6-8,13H2,1-2H3. The van der Waals surface area contributed by atoms with Gasteiger partial charge in [-0.05, 0) is 24.6 Å². The first-order valence-corrected chi connectivity index (χ1v) is 5.36. The number of nitrogens with zero attached hydrogens (tertiary/aromatic N) is 1. The number of rotatable bonds is 3. The van der Waals surface area contributed by atoms with Crippen LogP contribution in [0.4, 0.5) is 5.69 Å². The molecule has 1 aromatic rings. The second kappa shape index (κ2) is 4.11. The molecule has 0 saturated carbocycles. The highest BCUT2D eigenvalue weighted by molar-refractivity contribution is 5.68. The van der Waals surface area contributed by atoms with Gasteiger partial charge in [-0.25, -0.2) is 0 Å². The lowest BCUT2D eigenvalue weighted by atomic mass is 9.98. The van der Waals surface area contributed by atoms with Crippen molar-refractivity contribution < 1.29 is 4.74 Å². The molecule has 1 unspecified atom stereocenters. The fourth-order valence-corrected chi connectivity index (χ4v) is 2.41. The van der Waals surface area contributed by atoms with Crippen molar-refractivity contribution in [3.05, 3.63) is 23.8 Å². The molecule has 82 valence electrons. The molecule has 3 heteroatoms. The zero-order valence-corrected chi connectivity index (χ0v) is 9.36. The molecule has 0 fully saturated rings. The van der Waals surface area contributed by atoms with Gasteiger partial charge in [-0.1, -0.05) is 12.1 Å². The summed E-state index contributed by atoms with van der Waals surface area (Å²) in [4.78, 5) is 2.26. The molecule has 1 heterocycles. The number of para-hydroxylation sites is 1. The summed E-state index contributed by atoms with van der Waals surface area (Å²) in [5, 5.41) is 0. The highest BCUT2D eigenvalue weighted by atomic mass is 16.5. The minimum atomic E-state index is 0.560.